The number of benzene rings is 1. The van der Waals surface area contributed by atoms with Gasteiger partial charge in [0.15, 0.2) is 0 Å². The Morgan fingerprint density at radius 1 is 1.25 bits per heavy atom. The highest BCUT2D eigenvalue weighted by Crippen LogP contribution is 2.27. The summed E-state index contributed by atoms with van der Waals surface area (Å²) in [5, 5.41) is 6.76. The average molecular weight is 427 g/mol. The first-order valence-corrected chi connectivity index (χ1v) is 10.8. The van der Waals surface area contributed by atoms with Gasteiger partial charge in [-0.1, -0.05) is 16.8 Å². The number of sulfonamides is 1. The SMILES string of the molecule is CC(=O)Nc1ccc(S(=O)(=O)N2CCCN(Cc3cc(C)on3)CC2)cc1Cl. The number of nitrogens with zero attached hydrogens (tertiary/aromatic N) is 3. The second-order valence-corrected chi connectivity index (χ2v) is 9.13. The van der Waals surface area contributed by atoms with Crippen LogP contribution in [0.1, 0.15) is 24.8 Å². The molecular weight excluding hydrogens is 404 g/mol. The number of anilines is 1. The van der Waals surface area contributed by atoms with E-state index in [1.165, 1.54) is 29.4 Å². The molecular formula is C18H23ClN4O4S. The number of halogens is 1. The van der Waals surface area contributed by atoms with E-state index in [2.05, 4.69) is 15.4 Å². The number of aromatic nitrogens is 1. The Labute approximate surface area is 169 Å². The maximum Gasteiger partial charge on any atom is 0.243 e. The number of hydrogen-bond donors (Lipinski definition) is 1. The lowest BCUT2D eigenvalue weighted by molar-refractivity contribution is -0.114. The van der Waals surface area contributed by atoms with Crippen LogP contribution in [-0.4, -0.2) is 54.9 Å². The third-order valence-electron chi connectivity index (χ3n) is 4.50. The minimum atomic E-state index is -3.67. The quantitative estimate of drug-likeness (QED) is 0.789. The Bertz CT molecular complexity index is 960. The van der Waals surface area contributed by atoms with Crippen molar-refractivity contribution in [3.8, 4) is 0 Å². The van der Waals surface area contributed by atoms with E-state index in [4.69, 9.17) is 16.1 Å². The standard InChI is InChI=1S/C18H23ClN4O4S/c1-13-10-15(21-27-13)12-22-6-3-7-23(9-8-22)28(25,26)16-4-5-18(17(19)11-16)20-14(2)24/h4-5,10-11H,3,6-9,12H2,1-2H3,(H,20,24). The zero-order valence-electron chi connectivity index (χ0n) is 15.8. The number of nitrogens with one attached hydrogen (secondary N) is 1. The van der Waals surface area contributed by atoms with E-state index >= 15 is 0 Å². The van der Waals surface area contributed by atoms with Gasteiger partial charge < -0.3 is 9.84 Å². The van der Waals surface area contributed by atoms with Crippen LogP contribution in [0.5, 0.6) is 0 Å². The lowest BCUT2D eigenvalue weighted by atomic mass is 10.3. The molecule has 8 nitrogen and oxygen atoms in total. The predicted octanol–water partition coefficient (Wildman–Crippen LogP) is 2.49. The van der Waals surface area contributed by atoms with Crippen LogP contribution < -0.4 is 5.32 Å². The van der Waals surface area contributed by atoms with Crippen LogP contribution >= 0.6 is 11.6 Å². The van der Waals surface area contributed by atoms with Crippen molar-refractivity contribution >= 4 is 33.2 Å². The predicted molar refractivity (Wildman–Crippen MR) is 106 cm³/mol. The Kier molecular flexibility index (Phi) is 6.39. The number of carbonyl (C=O) groups is 1. The molecule has 1 aliphatic rings. The molecule has 0 spiro atoms. The molecule has 0 unspecified atom stereocenters. The summed E-state index contributed by atoms with van der Waals surface area (Å²) >= 11 is 6.14. The van der Waals surface area contributed by atoms with Crippen LogP contribution in [0.2, 0.25) is 5.02 Å². The Morgan fingerprint density at radius 3 is 2.68 bits per heavy atom. The van der Waals surface area contributed by atoms with Crippen molar-refractivity contribution in [2.75, 3.05) is 31.5 Å². The van der Waals surface area contributed by atoms with E-state index < -0.39 is 10.0 Å². The van der Waals surface area contributed by atoms with Gasteiger partial charge >= 0.3 is 0 Å². The molecule has 2 heterocycles. The molecule has 0 radical (unpaired) electrons. The fraction of sp³-hybridized carbons (Fsp3) is 0.444. The number of amides is 1. The molecule has 3 rings (SSSR count). The Morgan fingerprint density at radius 2 is 2.04 bits per heavy atom. The first kappa shape index (κ1) is 20.8. The molecule has 0 atom stereocenters. The molecule has 152 valence electrons. The zero-order valence-corrected chi connectivity index (χ0v) is 17.4. The smallest absolute Gasteiger partial charge is 0.243 e. The van der Waals surface area contributed by atoms with Crippen LogP contribution in [0.15, 0.2) is 33.7 Å². The van der Waals surface area contributed by atoms with Gasteiger partial charge in [-0.25, -0.2) is 8.42 Å². The van der Waals surface area contributed by atoms with Gasteiger partial charge in [0, 0.05) is 39.2 Å². The minimum Gasteiger partial charge on any atom is -0.361 e. The molecule has 1 N–H and O–H groups in total. The van der Waals surface area contributed by atoms with Crippen molar-refractivity contribution in [3.05, 3.63) is 40.7 Å². The fourth-order valence-electron chi connectivity index (χ4n) is 3.16. The normalized spacial score (nSPS) is 16.7. The zero-order chi connectivity index (χ0) is 20.3. The van der Waals surface area contributed by atoms with E-state index in [9.17, 15) is 13.2 Å². The molecule has 1 aromatic carbocycles. The second kappa shape index (κ2) is 8.60. The molecule has 1 saturated heterocycles. The molecule has 0 saturated carbocycles. The van der Waals surface area contributed by atoms with Gasteiger partial charge in [-0.15, -0.1) is 0 Å². The molecule has 2 aromatic rings. The molecule has 1 amide bonds. The second-order valence-electron chi connectivity index (χ2n) is 6.79. The van der Waals surface area contributed by atoms with Crippen LogP contribution in [0, 0.1) is 6.92 Å². The summed E-state index contributed by atoms with van der Waals surface area (Å²) in [7, 11) is -3.67. The highest BCUT2D eigenvalue weighted by molar-refractivity contribution is 7.89. The number of carbonyl (C=O) groups excluding carboxylic acids is 1. The Hall–Kier alpha value is -1.94. The van der Waals surface area contributed by atoms with Crippen molar-refractivity contribution in [1.29, 1.82) is 0 Å². The third-order valence-corrected chi connectivity index (χ3v) is 6.71. The van der Waals surface area contributed by atoms with Gasteiger partial charge in [0.1, 0.15) is 5.76 Å². The van der Waals surface area contributed by atoms with Gasteiger partial charge in [-0.3, -0.25) is 9.69 Å². The van der Waals surface area contributed by atoms with Crippen molar-refractivity contribution in [2.45, 2.75) is 31.7 Å². The van der Waals surface area contributed by atoms with E-state index in [1.807, 2.05) is 13.0 Å². The summed E-state index contributed by atoms with van der Waals surface area (Å²) in [6.07, 6.45) is 0.716. The lowest BCUT2D eigenvalue weighted by Crippen LogP contribution is -2.35. The van der Waals surface area contributed by atoms with Gasteiger partial charge in [0.2, 0.25) is 15.9 Å². The maximum absolute atomic E-state index is 13.0. The fourth-order valence-corrected chi connectivity index (χ4v) is 4.95. The van der Waals surface area contributed by atoms with Gasteiger partial charge in [-0.2, -0.15) is 4.31 Å². The van der Waals surface area contributed by atoms with Crippen molar-refractivity contribution in [3.63, 3.8) is 0 Å². The summed E-state index contributed by atoms with van der Waals surface area (Å²) < 4.78 is 32.6. The van der Waals surface area contributed by atoms with E-state index in [-0.39, 0.29) is 15.8 Å². The van der Waals surface area contributed by atoms with Crippen molar-refractivity contribution in [1.82, 2.24) is 14.4 Å². The largest absolute Gasteiger partial charge is 0.361 e. The maximum atomic E-state index is 13.0. The van der Waals surface area contributed by atoms with E-state index in [0.717, 1.165) is 18.0 Å². The topological polar surface area (TPSA) is 95.8 Å². The summed E-state index contributed by atoms with van der Waals surface area (Å²) in [4.78, 5) is 13.5. The first-order valence-electron chi connectivity index (χ1n) is 8.97. The molecule has 28 heavy (non-hydrogen) atoms. The minimum absolute atomic E-state index is 0.118. The number of rotatable bonds is 5. The van der Waals surface area contributed by atoms with Gasteiger partial charge in [0.05, 0.1) is 21.3 Å². The summed E-state index contributed by atoms with van der Waals surface area (Å²) in [5.41, 5.74) is 1.23. The van der Waals surface area contributed by atoms with Crippen molar-refractivity contribution in [2.24, 2.45) is 0 Å². The molecule has 0 aliphatic carbocycles. The van der Waals surface area contributed by atoms with E-state index in [1.54, 1.807) is 0 Å². The molecule has 10 heteroatoms. The van der Waals surface area contributed by atoms with Crippen LogP contribution in [0.3, 0.4) is 0 Å². The van der Waals surface area contributed by atoms with Crippen LogP contribution in [-0.2, 0) is 21.4 Å². The first-order chi connectivity index (χ1) is 13.3. The molecule has 1 aliphatic heterocycles. The summed E-state index contributed by atoms with van der Waals surface area (Å²) in [6, 6.07) is 6.24. The highest BCUT2D eigenvalue weighted by Gasteiger charge is 2.27. The monoisotopic (exact) mass is 426 g/mol. The summed E-state index contributed by atoms with van der Waals surface area (Å²) in [6.45, 7) is 6.03. The third kappa shape index (κ3) is 4.91. The average Bonchev–Trinajstić information content (AvgIpc) is 2.88. The molecule has 1 fully saturated rings. The lowest BCUT2D eigenvalue weighted by Gasteiger charge is -2.21. The van der Waals surface area contributed by atoms with Crippen molar-refractivity contribution < 1.29 is 17.7 Å². The van der Waals surface area contributed by atoms with E-state index in [0.29, 0.717) is 38.3 Å². The number of hydrogen-bond acceptors (Lipinski definition) is 6. The van der Waals surface area contributed by atoms with Gasteiger partial charge in [0.25, 0.3) is 0 Å². The Balaban J connectivity index is 1.70. The molecule has 0 bridgehead atoms. The van der Waals surface area contributed by atoms with Gasteiger partial charge in [-0.05, 0) is 38.1 Å². The van der Waals surface area contributed by atoms with Crippen LogP contribution in [0.25, 0.3) is 0 Å². The number of aryl methyl sites for hydroxylation is 1. The summed E-state index contributed by atoms with van der Waals surface area (Å²) in [5.74, 6) is 0.487. The highest BCUT2D eigenvalue weighted by atomic mass is 35.5. The van der Waals surface area contributed by atoms with Crippen LogP contribution in [0.4, 0.5) is 5.69 Å². The molecule has 1 aromatic heterocycles.